The van der Waals surface area contributed by atoms with Gasteiger partial charge in [0.15, 0.2) is 0 Å². The van der Waals surface area contributed by atoms with Gasteiger partial charge in [-0.05, 0) is 31.7 Å². The summed E-state index contributed by atoms with van der Waals surface area (Å²) in [7, 11) is 0. The van der Waals surface area contributed by atoms with E-state index in [4.69, 9.17) is 0 Å². The zero-order valence-corrected chi connectivity index (χ0v) is 12.9. The Morgan fingerprint density at radius 3 is 2.55 bits per heavy atom. The van der Waals surface area contributed by atoms with Crippen molar-refractivity contribution in [2.24, 2.45) is 5.92 Å². The lowest BCUT2D eigenvalue weighted by Crippen LogP contribution is -2.34. The fourth-order valence-electron chi connectivity index (χ4n) is 2.85. The van der Waals surface area contributed by atoms with Gasteiger partial charge in [-0.2, -0.15) is 0 Å². The molecule has 0 saturated carbocycles. The van der Waals surface area contributed by atoms with Crippen molar-refractivity contribution in [1.82, 2.24) is 15.3 Å². The van der Waals surface area contributed by atoms with E-state index in [1.54, 1.807) is 0 Å². The molecule has 0 aromatic carbocycles. The van der Waals surface area contributed by atoms with Crippen LogP contribution in [0.25, 0.3) is 0 Å². The van der Waals surface area contributed by atoms with Gasteiger partial charge in [0, 0.05) is 19.6 Å². The lowest BCUT2D eigenvalue weighted by Gasteiger charge is -2.32. The third kappa shape index (κ3) is 4.44. The summed E-state index contributed by atoms with van der Waals surface area (Å²) in [5.41, 5.74) is 1.03. The van der Waals surface area contributed by atoms with Crippen LogP contribution in [-0.2, 0) is 6.54 Å². The summed E-state index contributed by atoms with van der Waals surface area (Å²) in [6.07, 6.45) is 10.3. The second kappa shape index (κ2) is 8.20. The number of aromatic nitrogens is 2. The van der Waals surface area contributed by atoms with Gasteiger partial charge >= 0.3 is 0 Å². The highest BCUT2D eigenvalue weighted by molar-refractivity contribution is 5.36. The van der Waals surface area contributed by atoms with E-state index >= 15 is 0 Å². The Morgan fingerprint density at radius 1 is 1.15 bits per heavy atom. The van der Waals surface area contributed by atoms with Gasteiger partial charge in [-0.3, -0.25) is 4.98 Å². The Labute approximate surface area is 123 Å². The summed E-state index contributed by atoms with van der Waals surface area (Å²) < 4.78 is 0. The molecular formula is C16H28N4. The molecule has 4 heteroatoms. The summed E-state index contributed by atoms with van der Waals surface area (Å²) in [4.78, 5) is 11.5. The number of piperidine rings is 1. The molecule has 1 N–H and O–H groups in total. The van der Waals surface area contributed by atoms with Gasteiger partial charge < -0.3 is 10.2 Å². The van der Waals surface area contributed by atoms with Crippen LogP contribution in [0.15, 0.2) is 12.4 Å². The second-order valence-corrected chi connectivity index (χ2v) is 5.76. The highest BCUT2D eigenvalue weighted by Gasteiger charge is 2.19. The third-order valence-electron chi connectivity index (χ3n) is 4.06. The van der Waals surface area contributed by atoms with Crippen LogP contribution in [0.2, 0.25) is 0 Å². The molecule has 4 nitrogen and oxygen atoms in total. The first-order valence-corrected chi connectivity index (χ1v) is 8.10. The summed E-state index contributed by atoms with van der Waals surface area (Å²) in [6.45, 7) is 8.57. The van der Waals surface area contributed by atoms with Gasteiger partial charge in [0.2, 0.25) is 0 Å². The zero-order chi connectivity index (χ0) is 14.2. The van der Waals surface area contributed by atoms with E-state index in [0.717, 1.165) is 50.0 Å². The second-order valence-electron chi connectivity index (χ2n) is 5.76. The van der Waals surface area contributed by atoms with E-state index in [0.29, 0.717) is 0 Å². The van der Waals surface area contributed by atoms with Gasteiger partial charge in [0.25, 0.3) is 0 Å². The van der Waals surface area contributed by atoms with Gasteiger partial charge in [-0.25, -0.2) is 4.98 Å². The van der Waals surface area contributed by atoms with Crippen LogP contribution < -0.4 is 10.2 Å². The van der Waals surface area contributed by atoms with E-state index in [2.05, 4.69) is 34.0 Å². The van der Waals surface area contributed by atoms with Crippen molar-refractivity contribution < 1.29 is 0 Å². The van der Waals surface area contributed by atoms with Gasteiger partial charge in [-0.1, -0.05) is 26.7 Å². The molecule has 0 unspecified atom stereocenters. The number of anilines is 1. The quantitative estimate of drug-likeness (QED) is 0.777. The third-order valence-corrected chi connectivity index (χ3v) is 4.06. The maximum atomic E-state index is 4.58. The maximum absolute atomic E-state index is 4.58. The number of hydrogen-bond donors (Lipinski definition) is 1. The summed E-state index contributed by atoms with van der Waals surface area (Å²) in [5, 5.41) is 3.35. The first-order chi connectivity index (χ1) is 9.83. The Hall–Kier alpha value is -1.16. The lowest BCUT2D eigenvalue weighted by atomic mass is 9.92. The molecule has 0 aliphatic carbocycles. The molecule has 1 aliphatic rings. The molecule has 1 aromatic rings. The van der Waals surface area contributed by atoms with Crippen molar-refractivity contribution in [3.8, 4) is 0 Å². The molecule has 0 bridgehead atoms. The number of nitrogens with zero attached hydrogens (tertiary/aromatic N) is 3. The topological polar surface area (TPSA) is 41.1 Å². The van der Waals surface area contributed by atoms with E-state index in [1.165, 1.54) is 25.7 Å². The maximum Gasteiger partial charge on any atom is 0.147 e. The van der Waals surface area contributed by atoms with Crippen LogP contribution in [0.1, 0.15) is 51.6 Å². The Balaban J connectivity index is 1.81. The standard InChI is InChI=1S/C16H28N4/c1-3-5-14-6-9-20(10-7-14)16-13-18-15(12-19-16)11-17-8-4-2/h12-14,17H,3-11H2,1-2H3. The number of nitrogens with one attached hydrogen (secondary N) is 1. The summed E-state index contributed by atoms with van der Waals surface area (Å²) >= 11 is 0. The van der Waals surface area contributed by atoms with Crippen molar-refractivity contribution in [2.75, 3.05) is 24.5 Å². The molecule has 0 atom stereocenters. The van der Waals surface area contributed by atoms with E-state index < -0.39 is 0 Å². The molecule has 1 aliphatic heterocycles. The normalized spacial score (nSPS) is 16.6. The Kier molecular flexibility index (Phi) is 6.25. The van der Waals surface area contributed by atoms with Crippen LogP contribution in [0.3, 0.4) is 0 Å². The van der Waals surface area contributed by atoms with Crippen molar-refractivity contribution in [3.63, 3.8) is 0 Å². The molecule has 1 saturated heterocycles. The van der Waals surface area contributed by atoms with Crippen molar-refractivity contribution in [1.29, 1.82) is 0 Å². The Morgan fingerprint density at radius 2 is 1.95 bits per heavy atom. The molecule has 20 heavy (non-hydrogen) atoms. The fourth-order valence-corrected chi connectivity index (χ4v) is 2.85. The van der Waals surface area contributed by atoms with E-state index in [1.807, 2.05) is 12.4 Å². The predicted molar refractivity (Wildman–Crippen MR) is 83.9 cm³/mol. The van der Waals surface area contributed by atoms with Gasteiger partial charge in [0.1, 0.15) is 5.82 Å². The van der Waals surface area contributed by atoms with Crippen LogP contribution in [-0.4, -0.2) is 29.6 Å². The first-order valence-electron chi connectivity index (χ1n) is 8.10. The molecule has 0 amide bonds. The molecule has 1 aromatic heterocycles. The summed E-state index contributed by atoms with van der Waals surface area (Å²) in [5.74, 6) is 1.96. The molecule has 1 fully saturated rings. The van der Waals surface area contributed by atoms with Crippen LogP contribution in [0.4, 0.5) is 5.82 Å². The minimum atomic E-state index is 0.819. The summed E-state index contributed by atoms with van der Waals surface area (Å²) in [6, 6.07) is 0. The van der Waals surface area contributed by atoms with E-state index in [-0.39, 0.29) is 0 Å². The minimum absolute atomic E-state index is 0.819. The monoisotopic (exact) mass is 276 g/mol. The number of hydrogen-bond acceptors (Lipinski definition) is 4. The highest BCUT2D eigenvalue weighted by atomic mass is 15.2. The largest absolute Gasteiger partial charge is 0.355 e. The minimum Gasteiger partial charge on any atom is -0.355 e. The van der Waals surface area contributed by atoms with Gasteiger partial charge in [0.05, 0.1) is 18.1 Å². The van der Waals surface area contributed by atoms with Crippen molar-refractivity contribution >= 4 is 5.82 Å². The van der Waals surface area contributed by atoms with Crippen LogP contribution >= 0.6 is 0 Å². The average Bonchev–Trinajstić information content (AvgIpc) is 2.49. The van der Waals surface area contributed by atoms with Gasteiger partial charge in [-0.15, -0.1) is 0 Å². The van der Waals surface area contributed by atoms with Crippen molar-refractivity contribution in [2.45, 2.75) is 52.5 Å². The fraction of sp³-hybridized carbons (Fsp3) is 0.750. The van der Waals surface area contributed by atoms with Crippen LogP contribution in [0, 0.1) is 5.92 Å². The van der Waals surface area contributed by atoms with Crippen LogP contribution in [0.5, 0.6) is 0 Å². The molecule has 0 spiro atoms. The van der Waals surface area contributed by atoms with Crippen molar-refractivity contribution in [3.05, 3.63) is 18.1 Å². The smallest absolute Gasteiger partial charge is 0.147 e. The molecule has 2 heterocycles. The predicted octanol–water partition coefficient (Wildman–Crippen LogP) is 2.99. The molecule has 2 rings (SSSR count). The molecular weight excluding hydrogens is 248 g/mol. The highest BCUT2D eigenvalue weighted by Crippen LogP contribution is 2.24. The number of rotatable bonds is 7. The SMILES string of the molecule is CCCNCc1cnc(N2CCC(CCC)CC2)cn1. The Bertz CT molecular complexity index is 369. The average molecular weight is 276 g/mol. The van der Waals surface area contributed by atoms with E-state index in [9.17, 15) is 0 Å². The zero-order valence-electron chi connectivity index (χ0n) is 12.9. The first kappa shape index (κ1) is 15.2. The molecule has 112 valence electrons. The molecule has 0 radical (unpaired) electrons. The lowest BCUT2D eigenvalue weighted by molar-refractivity contribution is 0.377.